The zero-order valence-electron chi connectivity index (χ0n) is 11.9. The van der Waals surface area contributed by atoms with Crippen LogP contribution in [0.5, 0.6) is 0 Å². The Balaban J connectivity index is 2.01. The molecule has 0 bridgehead atoms. The summed E-state index contributed by atoms with van der Waals surface area (Å²) in [6.07, 6.45) is 2.56. The van der Waals surface area contributed by atoms with Crippen LogP contribution in [-0.2, 0) is 20.0 Å². The normalized spacial score (nSPS) is 10.6. The van der Waals surface area contributed by atoms with E-state index in [-0.39, 0.29) is 5.91 Å². The predicted octanol–water partition coefficient (Wildman–Crippen LogP) is 1.16. The first-order valence-corrected chi connectivity index (χ1v) is 6.66. The van der Waals surface area contributed by atoms with Crippen molar-refractivity contribution in [2.45, 2.75) is 19.9 Å². The van der Waals surface area contributed by atoms with E-state index in [1.165, 1.54) is 0 Å². The molecule has 1 aromatic carbocycles. The lowest BCUT2D eigenvalue weighted by Crippen LogP contribution is -2.23. The molecular weight excluding hydrogens is 252 g/mol. The molecule has 1 heterocycles. The molecule has 2 rings (SSSR count). The maximum absolute atomic E-state index is 12.1. The third kappa shape index (κ3) is 3.24. The van der Waals surface area contributed by atoms with E-state index in [0.717, 1.165) is 23.2 Å². The molecule has 0 unspecified atom stereocenters. The van der Waals surface area contributed by atoms with Crippen LogP contribution >= 0.6 is 0 Å². The number of benzene rings is 1. The minimum absolute atomic E-state index is 0.0767. The fourth-order valence-corrected chi connectivity index (χ4v) is 2.03. The van der Waals surface area contributed by atoms with Gasteiger partial charge in [0.25, 0.3) is 5.91 Å². The number of hydrogen-bond acceptors (Lipinski definition) is 3. The van der Waals surface area contributed by atoms with Crippen molar-refractivity contribution < 1.29 is 4.79 Å². The van der Waals surface area contributed by atoms with Gasteiger partial charge in [-0.25, -0.2) is 0 Å². The van der Waals surface area contributed by atoms with Crippen molar-refractivity contribution in [1.29, 1.82) is 0 Å². The monoisotopic (exact) mass is 272 g/mol. The second-order valence-corrected chi connectivity index (χ2v) is 4.80. The Hall–Kier alpha value is -2.14. The number of aromatic nitrogens is 2. The van der Waals surface area contributed by atoms with Crippen LogP contribution in [0.4, 0.5) is 0 Å². The van der Waals surface area contributed by atoms with E-state index in [1.807, 2.05) is 38.2 Å². The predicted molar refractivity (Wildman–Crippen MR) is 78.3 cm³/mol. The summed E-state index contributed by atoms with van der Waals surface area (Å²) in [5.74, 6) is -0.0767. The number of hydrogen-bond donors (Lipinski definition) is 2. The van der Waals surface area contributed by atoms with E-state index in [2.05, 4.69) is 10.4 Å². The zero-order valence-corrected chi connectivity index (χ0v) is 11.9. The van der Waals surface area contributed by atoms with Crippen molar-refractivity contribution in [3.05, 3.63) is 52.8 Å². The van der Waals surface area contributed by atoms with Crippen molar-refractivity contribution in [2.24, 2.45) is 12.8 Å². The Morgan fingerprint density at radius 2 is 2.25 bits per heavy atom. The molecule has 0 aliphatic carbocycles. The van der Waals surface area contributed by atoms with Gasteiger partial charge >= 0.3 is 0 Å². The summed E-state index contributed by atoms with van der Waals surface area (Å²) in [5, 5.41) is 7.07. The molecule has 0 aliphatic heterocycles. The van der Waals surface area contributed by atoms with Crippen LogP contribution in [0.2, 0.25) is 0 Å². The average Bonchev–Trinajstić information content (AvgIpc) is 2.77. The zero-order chi connectivity index (χ0) is 14.5. The first-order chi connectivity index (χ1) is 9.61. The fourth-order valence-electron chi connectivity index (χ4n) is 2.03. The molecule has 0 radical (unpaired) electrons. The van der Waals surface area contributed by atoms with Crippen molar-refractivity contribution in [1.82, 2.24) is 15.1 Å². The maximum atomic E-state index is 12.1. The van der Waals surface area contributed by atoms with Gasteiger partial charge in [-0.15, -0.1) is 0 Å². The van der Waals surface area contributed by atoms with E-state index in [1.54, 1.807) is 10.9 Å². The molecule has 1 amide bonds. The highest BCUT2D eigenvalue weighted by atomic mass is 16.1. The van der Waals surface area contributed by atoms with Gasteiger partial charge in [-0.2, -0.15) is 5.10 Å². The molecule has 0 saturated heterocycles. The first-order valence-electron chi connectivity index (χ1n) is 6.66. The van der Waals surface area contributed by atoms with Crippen molar-refractivity contribution in [3.63, 3.8) is 0 Å². The number of nitrogens with zero attached hydrogens (tertiary/aromatic N) is 2. The van der Waals surface area contributed by atoms with Gasteiger partial charge in [-0.3, -0.25) is 9.48 Å². The highest BCUT2D eigenvalue weighted by molar-refractivity contribution is 5.94. The second-order valence-electron chi connectivity index (χ2n) is 4.80. The number of carbonyl (C=O) groups is 1. The third-order valence-electron chi connectivity index (χ3n) is 3.40. The molecule has 0 aliphatic rings. The summed E-state index contributed by atoms with van der Waals surface area (Å²) in [7, 11) is 1.89. The average molecular weight is 272 g/mol. The van der Waals surface area contributed by atoms with E-state index in [0.29, 0.717) is 18.7 Å². The number of carbonyl (C=O) groups excluding carboxylic acids is 1. The molecule has 1 aromatic heterocycles. The molecule has 0 atom stereocenters. The van der Waals surface area contributed by atoms with Crippen LogP contribution < -0.4 is 11.1 Å². The maximum Gasteiger partial charge on any atom is 0.251 e. The highest BCUT2D eigenvalue weighted by Gasteiger charge is 2.08. The fraction of sp³-hybridized carbons (Fsp3) is 0.333. The first kappa shape index (κ1) is 14.3. The van der Waals surface area contributed by atoms with Crippen molar-refractivity contribution in [2.75, 3.05) is 6.54 Å². The molecule has 0 saturated carbocycles. The summed E-state index contributed by atoms with van der Waals surface area (Å²) in [4.78, 5) is 12.1. The molecule has 20 heavy (non-hydrogen) atoms. The lowest BCUT2D eigenvalue weighted by Gasteiger charge is -2.06. The molecule has 5 heteroatoms. The van der Waals surface area contributed by atoms with Gasteiger partial charge in [0.1, 0.15) is 0 Å². The summed E-state index contributed by atoms with van der Waals surface area (Å²) >= 11 is 0. The standard InChI is InChI=1S/C15H20N4O/c1-11-14(10-18-19(11)2)9-17-15(20)13-5-3-4-12(8-13)6-7-16/h3-5,8,10H,6-7,9,16H2,1-2H3,(H,17,20). The smallest absolute Gasteiger partial charge is 0.251 e. The minimum atomic E-state index is -0.0767. The molecule has 2 aromatic rings. The van der Waals surface area contributed by atoms with E-state index in [9.17, 15) is 4.79 Å². The number of nitrogens with one attached hydrogen (secondary N) is 1. The molecular formula is C15H20N4O. The van der Waals surface area contributed by atoms with Crippen LogP contribution in [0.15, 0.2) is 30.5 Å². The minimum Gasteiger partial charge on any atom is -0.348 e. The van der Waals surface area contributed by atoms with E-state index < -0.39 is 0 Å². The summed E-state index contributed by atoms with van der Waals surface area (Å²) in [6, 6.07) is 7.56. The Morgan fingerprint density at radius 1 is 1.45 bits per heavy atom. The second kappa shape index (κ2) is 6.34. The Labute approximate surface area is 118 Å². The van der Waals surface area contributed by atoms with Gasteiger partial charge in [-0.05, 0) is 37.6 Å². The van der Waals surface area contributed by atoms with Crippen LogP contribution in [0, 0.1) is 6.92 Å². The van der Waals surface area contributed by atoms with Gasteiger partial charge in [0.2, 0.25) is 0 Å². The van der Waals surface area contributed by atoms with Gasteiger partial charge in [0.15, 0.2) is 0 Å². The highest BCUT2D eigenvalue weighted by Crippen LogP contribution is 2.08. The van der Waals surface area contributed by atoms with E-state index >= 15 is 0 Å². The van der Waals surface area contributed by atoms with Crippen molar-refractivity contribution in [3.8, 4) is 0 Å². The number of nitrogens with two attached hydrogens (primary N) is 1. The quantitative estimate of drug-likeness (QED) is 0.858. The number of aryl methyl sites for hydroxylation is 1. The van der Waals surface area contributed by atoms with Crippen LogP contribution in [0.3, 0.4) is 0 Å². The number of amides is 1. The Kier molecular flexibility index (Phi) is 4.53. The lowest BCUT2D eigenvalue weighted by atomic mass is 10.1. The number of rotatable bonds is 5. The summed E-state index contributed by atoms with van der Waals surface area (Å²) in [6.45, 7) is 3.05. The largest absolute Gasteiger partial charge is 0.348 e. The molecule has 5 nitrogen and oxygen atoms in total. The third-order valence-corrected chi connectivity index (χ3v) is 3.40. The SMILES string of the molecule is Cc1c(CNC(=O)c2cccc(CCN)c2)cnn1C. The van der Waals surface area contributed by atoms with Gasteiger partial charge in [0, 0.05) is 30.4 Å². The van der Waals surface area contributed by atoms with Gasteiger partial charge in [-0.1, -0.05) is 12.1 Å². The molecule has 0 spiro atoms. The Morgan fingerprint density at radius 3 is 2.90 bits per heavy atom. The van der Waals surface area contributed by atoms with Gasteiger partial charge < -0.3 is 11.1 Å². The molecule has 3 N–H and O–H groups in total. The summed E-state index contributed by atoms with van der Waals surface area (Å²) < 4.78 is 1.80. The van der Waals surface area contributed by atoms with Gasteiger partial charge in [0.05, 0.1) is 6.20 Å². The molecule has 106 valence electrons. The van der Waals surface area contributed by atoms with Crippen LogP contribution in [-0.4, -0.2) is 22.2 Å². The van der Waals surface area contributed by atoms with Crippen LogP contribution in [0.25, 0.3) is 0 Å². The lowest BCUT2D eigenvalue weighted by molar-refractivity contribution is 0.0951. The topological polar surface area (TPSA) is 72.9 Å². The van der Waals surface area contributed by atoms with E-state index in [4.69, 9.17) is 5.73 Å². The van der Waals surface area contributed by atoms with Crippen LogP contribution in [0.1, 0.15) is 27.2 Å². The Bertz CT molecular complexity index is 604. The molecule has 0 fully saturated rings. The summed E-state index contributed by atoms with van der Waals surface area (Å²) in [5.41, 5.74) is 9.36. The van der Waals surface area contributed by atoms with Crippen molar-refractivity contribution >= 4 is 5.91 Å².